The lowest BCUT2D eigenvalue weighted by Crippen LogP contribution is -2.36. The van der Waals surface area contributed by atoms with E-state index in [0.717, 1.165) is 0 Å². The number of carbonyl (C=O) groups excluding carboxylic acids is 1. The number of anilines is 2. The molecular weight excluding hydrogens is 347 g/mol. The standard InChI is InChI=1S/C17H20ClFN4O2/c1-12(10-23-11-13(18)9-20-23)17(24)21-14-2-3-16(15(19)8-14)22-4-6-25-7-5-22/h2-3,8-9,11-12H,4-7,10H2,1H3,(H,21,24)/t12-/m0/s1. The minimum absolute atomic E-state index is 0.204. The van der Waals surface area contributed by atoms with Crippen LogP contribution in [-0.4, -0.2) is 42.0 Å². The predicted octanol–water partition coefficient (Wildman–Crippen LogP) is 2.79. The molecule has 1 saturated heterocycles. The Labute approximate surface area is 150 Å². The summed E-state index contributed by atoms with van der Waals surface area (Å²) in [5.41, 5.74) is 0.963. The van der Waals surface area contributed by atoms with Gasteiger partial charge in [-0.25, -0.2) is 4.39 Å². The quantitative estimate of drug-likeness (QED) is 0.884. The van der Waals surface area contributed by atoms with Crippen LogP contribution >= 0.6 is 11.6 Å². The lowest BCUT2D eigenvalue weighted by Gasteiger charge is -2.29. The largest absolute Gasteiger partial charge is 0.378 e. The van der Waals surface area contributed by atoms with Gasteiger partial charge in [-0.3, -0.25) is 9.48 Å². The molecule has 1 aromatic heterocycles. The van der Waals surface area contributed by atoms with Crippen LogP contribution in [0.1, 0.15) is 6.92 Å². The van der Waals surface area contributed by atoms with Crippen molar-refractivity contribution >= 4 is 28.9 Å². The summed E-state index contributed by atoms with van der Waals surface area (Å²) in [6.07, 6.45) is 3.17. The number of benzene rings is 1. The normalized spacial score (nSPS) is 15.9. The number of nitrogens with one attached hydrogen (secondary N) is 1. The summed E-state index contributed by atoms with van der Waals surface area (Å²) >= 11 is 5.81. The minimum Gasteiger partial charge on any atom is -0.378 e. The molecule has 0 unspecified atom stereocenters. The Bertz CT molecular complexity index is 746. The summed E-state index contributed by atoms with van der Waals surface area (Å²) in [5.74, 6) is -0.894. The number of amides is 1. The first-order valence-corrected chi connectivity index (χ1v) is 8.52. The summed E-state index contributed by atoms with van der Waals surface area (Å²) in [5, 5.41) is 7.32. The monoisotopic (exact) mass is 366 g/mol. The Hall–Kier alpha value is -2.12. The summed E-state index contributed by atoms with van der Waals surface area (Å²) in [6, 6.07) is 4.75. The van der Waals surface area contributed by atoms with E-state index in [1.54, 1.807) is 29.9 Å². The molecule has 8 heteroatoms. The van der Waals surface area contributed by atoms with E-state index in [0.29, 0.717) is 49.2 Å². The molecule has 1 fully saturated rings. The van der Waals surface area contributed by atoms with Gasteiger partial charge in [-0.05, 0) is 18.2 Å². The zero-order valence-electron chi connectivity index (χ0n) is 13.9. The minimum atomic E-state index is -0.355. The topological polar surface area (TPSA) is 59.4 Å². The van der Waals surface area contributed by atoms with Crippen LogP contribution in [-0.2, 0) is 16.1 Å². The fraction of sp³-hybridized carbons (Fsp3) is 0.412. The van der Waals surface area contributed by atoms with Crippen molar-refractivity contribution in [3.05, 3.63) is 41.4 Å². The molecule has 1 aliphatic rings. The molecule has 6 nitrogen and oxygen atoms in total. The van der Waals surface area contributed by atoms with E-state index < -0.39 is 0 Å². The van der Waals surface area contributed by atoms with Crippen molar-refractivity contribution in [3.8, 4) is 0 Å². The molecule has 0 radical (unpaired) electrons. The molecular formula is C17H20ClFN4O2. The number of hydrogen-bond donors (Lipinski definition) is 1. The fourth-order valence-corrected chi connectivity index (χ4v) is 2.87. The zero-order valence-corrected chi connectivity index (χ0v) is 14.7. The van der Waals surface area contributed by atoms with Gasteiger partial charge in [0.05, 0.1) is 42.6 Å². The molecule has 25 heavy (non-hydrogen) atoms. The first kappa shape index (κ1) is 17.7. The Kier molecular flexibility index (Phi) is 5.55. The van der Waals surface area contributed by atoms with Crippen molar-refractivity contribution in [3.63, 3.8) is 0 Å². The van der Waals surface area contributed by atoms with Gasteiger partial charge in [-0.1, -0.05) is 18.5 Å². The molecule has 0 spiro atoms. The van der Waals surface area contributed by atoms with Gasteiger partial charge in [0.2, 0.25) is 5.91 Å². The van der Waals surface area contributed by atoms with Crippen LogP contribution in [0.4, 0.5) is 15.8 Å². The van der Waals surface area contributed by atoms with E-state index in [1.807, 2.05) is 4.90 Å². The van der Waals surface area contributed by atoms with E-state index >= 15 is 0 Å². The van der Waals surface area contributed by atoms with Crippen LogP contribution in [0.3, 0.4) is 0 Å². The van der Waals surface area contributed by atoms with Crippen LogP contribution in [0.25, 0.3) is 0 Å². The summed E-state index contributed by atoms with van der Waals surface area (Å²) in [4.78, 5) is 14.2. The van der Waals surface area contributed by atoms with Crippen LogP contribution in [0.2, 0.25) is 5.02 Å². The van der Waals surface area contributed by atoms with Crippen LogP contribution in [0.15, 0.2) is 30.6 Å². The zero-order chi connectivity index (χ0) is 17.8. The van der Waals surface area contributed by atoms with E-state index in [1.165, 1.54) is 12.3 Å². The predicted molar refractivity (Wildman–Crippen MR) is 94.5 cm³/mol. The molecule has 0 saturated carbocycles. The van der Waals surface area contributed by atoms with Crippen molar-refractivity contribution in [2.45, 2.75) is 13.5 Å². The number of aromatic nitrogens is 2. The SMILES string of the molecule is C[C@@H](Cn1cc(Cl)cn1)C(=O)Nc1ccc(N2CCOCC2)c(F)c1. The molecule has 2 aromatic rings. The highest BCUT2D eigenvalue weighted by molar-refractivity contribution is 6.30. The summed E-state index contributed by atoms with van der Waals surface area (Å²) < 4.78 is 21.3. The van der Waals surface area contributed by atoms with E-state index in [4.69, 9.17) is 16.3 Å². The second-order valence-electron chi connectivity index (χ2n) is 6.04. The lowest BCUT2D eigenvalue weighted by molar-refractivity contribution is -0.119. The second-order valence-corrected chi connectivity index (χ2v) is 6.47. The number of morpholine rings is 1. The van der Waals surface area contributed by atoms with Crippen molar-refractivity contribution < 1.29 is 13.9 Å². The van der Waals surface area contributed by atoms with Crippen molar-refractivity contribution in [1.29, 1.82) is 0 Å². The van der Waals surface area contributed by atoms with Gasteiger partial charge < -0.3 is 15.0 Å². The number of halogens is 2. The van der Waals surface area contributed by atoms with Crippen LogP contribution in [0, 0.1) is 11.7 Å². The van der Waals surface area contributed by atoms with Gasteiger partial charge in [-0.2, -0.15) is 5.10 Å². The Balaban J connectivity index is 1.61. The average molecular weight is 367 g/mol. The van der Waals surface area contributed by atoms with Crippen molar-refractivity contribution in [2.75, 3.05) is 36.5 Å². The van der Waals surface area contributed by atoms with Gasteiger partial charge in [0.25, 0.3) is 0 Å². The first-order valence-electron chi connectivity index (χ1n) is 8.14. The Morgan fingerprint density at radius 1 is 1.44 bits per heavy atom. The molecule has 0 bridgehead atoms. The smallest absolute Gasteiger partial charge is 0.229 e. The maximum Gasteiger partial charge on any atom is 0.229 e. The number of nitrogens with zero attached hydrogens (tertiary/aromatic N) is 3. The number of carbonyl (C=O) groups is 1. The molecule has 1 atom stereocenters. The van der Waals surface area contributed by atoms with Gasteiger partial charge in [-0.15, -0.1) is 0 Å². The molecule has 1 aromatic carbocycles. The molecule has 1 N–H and O–H groups in total. The maximum atomic E-state index is 14.4. The highest BCUT2D eigenvalue weighted by atomic mass is 35.5. The molecule has 1 amide bonds. The van der Waals surface area contributed by atoms with Gasteiger partial charge in [0.15, 0.2) is 0 Å². The molecule has 2 heterocycles. The third-order valence-corrected chi connectivity index (χ3v) is 4.27. The summed E-state index contributed by atoms with van der Waals surface area (Å²) in [7, 11) is 0. The van der Waals surface area contributed by atoms with Crippen molar-refractivity contribution in [2.24, 2.45) is 5.92 Å². The molecule has 3 rings (SSSR count). The van der Waals surface area contributed by atoms with Gasteiger partial charge >= 0.3 is 0 Å². The Morgan fingerprint density at radius 3 is 2.84 bits per heavy atom. The molecule has 0 aliphatic carbocycles. The highest BCUT2D eigenvalue weighted by Gasteiger charge is 2.18. The Morgan fingerprint density at radius 2 is 2.20 bits per heavy atom. The lowest BCUT2D eigenvalue weighted by atomic mass is 10.1. The first-order chi connectivity index (χ1) is 12.0. The third kappa shape index (κ3) is 4.49. The number of rotatable bonds is 5. The highest BCUT2D eigenvalue weighted by Crippen LogP contribution is 2.24. The number of hydrogen-bond acceptors (Lipinski definition) is 4. The number of ether oxygens (including phenoxy) is 1. The average Bonchev–Trinajstić information content (AvgIpc) is 3.00. The van der Waals surface area contributed by atoms with Crippen LogP contribution < -0.4 is 10.2 Å². The maximum absolute atomic E-state index is 14.4. The molecule has 134 valence electrons. The fourth-order valence-electron chi connectivity index (χ4n) is 2.71. The van der Waals surface area contributed by atoms with Gasteiger partial charge in [0.1, 0.15) is 5.82 Å². The summed E-state index contributed by atoms with van der Waals surface area (Å²) in [6.45, 7) is 4.67. The van der Waals surface area contributed by atoms with Crippen molar-refractivity contribution in [1.82, 2.24) is 9.78 Å². The van der Waals surface area contributed by atoms with E-state index in [-0.39, 0.29) is 17.6 Å². The molecule has 1 aliphatic heterocycles. The van der Waals surface area contributed by atoms with Crippen LogP contribution in [0.5, 0.6) is 0 Å². The second kappa shape index (κ2) is 7.84. The van der Waals surface area contributed by atoms with Gasteiger partial charge in [0, 0.05) is 25.0 Å². The van der Waals surface area contributed by atoms with E-state index in [9.17, 15) is 9.18 Å². The third-order valence-electron chi connectivity index (χ3n) is 4.08. The van der Waals surface area contributed by atoms with E-state index in [2.05, 4.69) is 10.4 Å².